The summed E-state index contributed by atoms with van der Waals surface area (Å²) in [5, 5.41) is 9.03. The third-order valence-corrected chi connectivity index (χ3v) is 2.69. The molecule has 8 heteroatoms. The Morgan fingerprint density at radius 1 is 1.24 bits per heavy atom. The van der Waals surface area contributed by atoms with Crippen molar-refractivity contribution in [2.24, 2.45) is 5.73 Å². The Balaban J connectivity index is 2.38. The van der Waals surface area contributed by atoms with Gasteiger partial charge in [-0.2, -0.15) is 0 Å². The van der Waals surface area contributed by atoms with Gasteiger partial charge < -0.3 is 15.6 Å². The molecule has 2 rings (SSSR count). The first-order valence-electron chi connectivity index (χ1n) is 5.55. The Labute approximate surface area is 122 Å². The Morgan fingerprint density at radius 2 is 1.90 bits per heavy atom. The fourth-order valence-electron chi connectivity index (χ4n) is 1.53. The summed E-state index contributed by atoms with van der Waals surface area (Å²) >= 11 is 5.67. The summed E-state index contributed by atoms with van der Waals surface area (Å²) in [6.45, 7) is 0. The van der Waals surface area contributed by atoms with Crippen molar-refractivity contribution in [3.63, 3.8) is 0 Å². The van der Waals surface area contributed by atoms with Crippen molar-refractivity contribution in [1.82, 2.24) is 4.98 Å². The number of carboxylic acids is 1. The summed E-state index contributed by atoms with van der Waals surface area (Å²) in [6.07, 6.45) is 0. The number of pyridine rings is 1. The number of hydrogen-bond acceptors (Lipinski definition) is 4. The van der Waals surface area contributed by atoms with Crippen LogP contribution in [-0.4, -0.2) is 22.0 Å². The molecule has 108 valence electrons. The minimum absolute atomic E-state index is 0.0178. The Morgan fingerprint density at radius 3 is 2.48 bits per heavy atom. The third kappa shape index (κ3) is 3.26. The quantitative estimate of drug-likeness (QED) is 0.844. The van der Waals surface area contributed by atoms with Gasteiger partial charge in [-0.25, -0.2) is 14.2 Å². The molecular weight excluding hydrogens is 303 g/mol. The van der Waals surface area contributed by atoms with Crippen LogP contribution in [0.15, 0.2) is 30.3 Å². The number of rotatable bonds is 4. The molecule has 2 aromatic rings. The van der Waals surface area contributed by atoms with E-state index in [1.54, 1.807) is 0 Å². The number of aromatic carboxylic acids is 1. The molecule has 0 saturated carbocycles. The molecule has 6 nitrogen and oxygen atoms in total. The monoisotopic (exact) mass is 310 g/mol. The van der Waals surface area contributed by atoms with Crippen molar-refractivity contribution in [2.75, 3.05) is 0 Å². The van der Waals surface area contributed by atoms with E-state index in [9.17, 15) is 14.0 Å². The second-order valence-electron chi connectivity index (χ2n) is 3.90. The normalized spacial score (nSPS) is 10.2. The van der Waals surface area contributed by atoms with Gasteiger partial charge in [0, 0.05) is 6.07 Å². The summed E-state index contributed by atoms with van der Waals surface area (Å²) in [5.41, 5.74) is 4.43. The van der Waals surface area contributed by atoms with Crippen LogP contribution in [0.1, 0.15) is 20.7 Å². The van der Waals surface area contributed by atoms with E-state index < -0.39 is 17.7 Å². The molecule has 0 saturated heterocycles. The Kier molecular flexibility index (Phi) is 4.04. The lowest BCUT2D eigenvalue weighted by Crippen LogP contribution is -2.13. The SMILES string of the molecule is NC(=O)c1ccc(Oc2nc(Cl)ccc2C(=O)O)cc1F. The number of carboxylic acid groups (broad SMARTS) is 1. The molecule has 0 atom stereocenters. The van der Waals surface area contributed by atoms with Gasteiger partial charge in [0.1, 0.15) is 22.3 Å². The summed E-state index contributed by atoms with van der Waals surface area (Å²) < 4.78 is 18.8. The molecular formula is C13H8ClFN2O4. The van der Waals surface area contributed by atoms with Crippen LogP contribution in [0, 0.1) is 5.82 Å². The molecule has 1 aromatic carbocycles. The van der Waals surface area contributed by atoms with Crippen LogP contribution in [0.25, 0.3) is 0 Å². The zero-order chi connectivity index (χ0) is 15.6. The van der Waals surface area contributed by atoms with Gasteiger partial charge in [0.15, 0.2) is 0 Å². The number of benzene rings is 1. The van der Waals surface area contributed by atoms with Gasteiger partial charge in [-0.3, -0.25) is 4.79 Å². The van der Waals surface area contributed by atoms with Gasteiger partial charge >= 0.3 is 5.97 Å². The summed E-state index contributed by atoms with van der Waals surface area (Å²) in [4.78, 5) is 25.7. The zero-order valence-corrected chi connectivity index (χ0v) is 11.1. The predicted molar refractivity (Wildman–Crippen MR) is 71.2 cm³/mol. The zero-order valence-electron chi connectivity index (χ0n) is 10.3. The molecule has 0 unspecified atom stereocenters. The van der Waals surface area contributed by atoms with Crippen molar-refractivity contribution >= 4 is 23.5 Å². The van der Waals surface area contributed by atoms with Crippen molar-refractivity contribution in [1.29, 1.82) is 0 Å². The third-order valence-electron chi connectivity index (χ3n) is 2.48. The first-order chi connectivity index (χ1) is 9.88. The number of nitrogens with two attached hydrogens (primary N) is 1. The molecule has 1 aromatic heterocycles. The van der Waals surface area contributed by atoms with Crippen molar-refractivity contribution < 1.29 is 23.8 Å². The van der Waals surface area contributed by atoms with Crippen molar-refractivity contribution in [3.8, 4) is 11.6 Å². The molecule has 3 N–H and O–H groups in total. The van der Waals surface area contributed by atoms with Crippen LogP contribution < -0.4 is 10.5 Å². The van der Waals surface area contributed by atoms with Gasteiger partial charge in [-0.15, -0.1) is 0 Å². The number of nitrogens with zero attached hydrogens (tertiary/aromatic N) is 1. The molecule has 0 aliphatic carbocycles. The maximum atomic E-state index is 13.6. The van der Waals surface area contributed by atoms with Crippen LogP contribution in [-0.2, 0) is 0 Å². The van der Waals surface area contributed by atoms with E-state index in [0.717, 1.165) is 12.1 Å². The molecule has 21 heavy (non-hydrogen) atoms. The first kappa shape index (κ1) is 14.7. The van der Waals surface area contributed by atoms with Gasteiger partial charge in [0.05, 0.1) is 5.56 Å². The molecule has 1 amide bonds. The predicted octanol–water partition coefficient (Wildman–Crippen LogP) is 2.46. The number of carbonyl (C=O) groups excluding carboxylic acids is 1. The minimum Gasteiger partial charge on any atom is -0.477 e. The van der Waals surface area contributed by atoms with Crippen molar-refractivity contribution in [3.05, 3.63) is 52.4 Å². The van der Waals surface area contributed by atoms with Crippen LogP contribution >= 0.6 is 11.6 Å². The topological polar surface area (TPSA) is 103 Å². The average molecular weight is 311 g/mol. The van der Waals surface area contributed by atoms with E-state index in [1.807, 2.05) is 0 Å². The lowest BCUT2D eigenvalue weighted by molar-refractivity contribution is 0.0693. The Bertz CT molecular complexity index is 736. The summed E-state index contributed by atoms with van der Waals surface area (Å²) in [5.74, 6) is -3.43. The lowest BCUT2D eigenvalue weighted by Gasteiger charge is -2.08. The average Bonchev–Trinajstić information content (AvgIpc) is 2.37. The van der Waals surface area contributed by atoms with E-state index in [1.165, 1.54) is 18.2 Å². The number of ether oxygens (including phenoxy) is 1. The van der Waals surface area contributed by atoms with E-state index >= 15 is 0 Å². The highest BCUT2D eigenvalue weighted by Crippen LogP contribution is 2.26. The highest BCUT2D eigenvalue weighted by atomic mass is 35.5. The number of aromatic nitrogens is 1. The number of amides is 1. The highest BCUT2D eigenvalue weighted by molar-refractivity contribution is 6.29. The fraction of sp³-hybridized carbons (Fsp3) is 0. The number of carbonyl (C=O) groups is 2. The number of primary amides is 1. The molecule has 0 aliphatic rings. The van der Waals surface area contributed by atoms with E-state index in [4.69, 9.17) is 27.2 Å². The van der Waals surface area contributed by atoms with Gasteiger partial charge in [0.25, 0.3) is 5.91 Å². The fourth-order valence-corrected chi connectivity index (χ4v) is 1.67. The van der Waals surface area contributed by atoms with E-state index in [0.29, 0.717) is 0 Å². The molecule has 0 aliphatic heterocycles. The molecule has 0 bridgehead atoms. The minimum atomic E-state index is -1.27. The molecule has 0 radical (unpaired) electrons. The highest BCUT2D eigenvalue weighted by Gasteiger charge is 2.16. The maximum Gasteiger partial charge on any atom is 0.341 e. The largest absolute Gasteiger partial charge is 0.477 e. The number of hydrogen-bond donors (Lipinski definition) is 2. The van der Waals surface area contributed by atoms with E-state index in [-0.39, 0.29) is 27.9 Å². The second kappa shape index (κ2) is 5.76. The standard InChI is InChI=1S/C13H8ClFN2O4/c14-10-4-3-8(13(19)20)12(17-10)21-6-1-2-7(11(16)18)9(15)5-6/h1-5H,(H2,16,18)(H,19,20). The number of halogens is 2. The Hall–Kier alpha value is -2.67. The van der Waals surface area contributed by atoms with E-state index in [2.05, 4.69) is 4.98 Å². The molecule has 1 heterocycles. The van der Waals surface area contributed by atoms with Crippen LogP contribution in [0.5, 0.6) is 11.6 Å². The molecule has 0 spiro atoms. The molecule has 0 fully saturated rings. The van der Waals surface area contributed by atoms with Crippen LogP contribution in [0.2, 0.25) is 5.15 Å². The summed E-state index contributed by atoms with van der Waals surface area (Å²) in [6, 6.07) is 5.78. The lowest BCUT2D eigenvalue weighted by atomic mass is 10.2. The van der Waals surface area contributed by atoms with Gasteiger partial charge in [-0.1, -0.05) is 11.6 Å². The van der Waals surface area contributed by atoms with Crippen LogP contribution in [0.3, 0.4) is 0 Å². The second-order valence-corrected chi connectivity index (χ2v) is 4.29. The summed E-state index contributed by atoms with van der Waals surface area (Å²) in [7, 11) is 0. The van der Waals surface area contributed by atoms with Gasteiger partial charge in [-0.05, 0) is 24.3 Å². The smallest absolute Gasteiger partial charge is 0.341 e. The maximum absolute atomic E-state index is 13.6. The first-order valence-corrected chi connectivity index (χ1v) is 5.93. The van der Waals surface area contributed by atoms with Gasteiger partial charge in [0.2, 0.25) is 5.88 Å². The van der Waals surface area contributed by atoms with Crippen LogP contribution in [0.4, 0.5) is 4.39 Å². The van der Waals surface area contributed by atoms with Crippen molar-refractivity contribution in [2.45, 2.75) is 0 Å².